The summed E-state index contributed by atoms with van der Waals surface area (Å²) in [7, 11) is 0. The molecule has 4 nitrogen and oxygen atoms in total. The summed E-state index contributed by atoms with van der Waals surface area (Å²) in [5.41, 5.74) is 0. The van der Waals surface area contributed by atoms with Crippen LogP contribution >= 0.6 is 0 Å². The molecule has 2 atom stereocenters. The van der Waals surface area contributed by atoms with Gasteiger partial charge in [-0.25, -0.2) is 0 Å². The summed E-state index contributed by atoms with van der Waals surface area (Å²) >= 11 is 0. The van der Waals surface area contributed by atoms with Crippen molar-refractivity contribution in [1.29, 1.82) is 0 Å². The SMILES string of the molecule is O=C([O-])N1C(=O)C2C=CC1C2. The highest BCUT2D eigenvalue weighted by atomic mass is 16.4. The minimum absolute atomic E-state index is 0.210. The lowest BCUT2D eigenvalue weighted by Crippen LogP contribution is -2.47. The molecule has 2 aliphatic rings. The monoisotopic (exact) mass is 152 g/mol. The van der Waals surface area contributed by atoms with Crippen LogP contribution in [0.1, 0.15) is 6.42 Å². The van der Waals surface area contributed by atoms with Gasteiger partial charge in [-0.3, -0.25) is 9.69 Å². The number of amides is 2. The zero-order valence-electron chi connectivity index (χ0n) is 5.69. The fourth-order valence-electron chi connectivity index (χ4n) is 1.62. The first-order valence-corrected chi connectivity index (χ1v) is 3.42. The van der Waals surface area contributed by atoms with Crippen molar-refractivity contribution in [2.45, 2.75) is 12.5 Å². The second-order valence-corrected chi connectivity index (χ2v) is 2.77. The first-order chi connectivity index (χ1) is 5.20. The van der Waals surface area contributed by atoms with Crippen LogP contribution in [-0.2, 0) is 4.79 Å². The molecular weight excluding hydrogens is 146 g/mol. The molecule has 0 saturated carbocycles. The number of fused-ring (bicyclic) bond motifs is 2. The molecule has 2 unspecified atom stereocenters. The van der Waals surface area contributed by atoms with Crippen molar-refractivity contribution in [3.8, 4) is 0 Å². The van der Waals surface area contributed by atoms with Gasteiger partial charge >= 0.3 is 0 Å². The summed E-state index contributed by atoms with van der Waals surface area (Å²) in [6, 6.07) is -0.252. The van der Waals surface area contributed by atoms with Gasteiger partial charge in [-0.2, -0.15) is 0 Å². The van der Waals surface area contributed by atoms with E-state index in [2.05, 4.69) is 0 Å². The summed E-state index contributed by atoms with van der Waals surface area (Å²) in [5, 5.41) is 10.4. The quantitative estimate of drug-likeness (QED) is 0.423. The molecule has 0 aromatic heterocycles. The van der Waals surface area contributed by atoms with Crippen LogP contribution < -0.4 is 5.11 Å². The minimum atomic E-state index is -1.38. The topological polar surface area (TPSA) is 60.4 Å². The van der Waals surface area contributed by atoms with Crippen LogP contribution in [0, 0.1) is 5.92 Å². The molecule has 0 N–H and O–H groups in total. The van der Waals surface area contributed by atoms with E-state index in [9.17, 15) is 14.7 Å². The first kappa shape index (κ1) is 6.39. The summed E-state index contributed by atoms with van der Waals surface area (Å²) in [4.78, 5) is 22.2. The number of rotatable bonds is 0. The van der Waals surface area contributed by atoms with Crippen molar-refractivity contribution in [2.75, 3.05) is 0 Å². The zero-order chi connectivity index (χ0) is 8.01. The van der Waals surface area contributed by atoms with Crippen molar-refractivity contribution in [3.05, 3.63) is 12.2 Å². The molecule has 1 aliphatic carbocycles. The Morgan fingerprint density at radius 3 is 2.73 bits per heavy atom. The summed E-state index contributed by atoms with van der Waals surface area (Å²) < 4.78 is 0. The Morgan fingerprint density at radius 2 is 2.36 bits per heavy atom. The maximum absolute atomic E-state index is 11.1. The average molecular weight is 152 g/mol. The van der Waals surface area contributed by atoms with Gasteiger partial charge in [0.15, 0.2) is 0 Å². The highest BCUT2D eigenvalue weighted by Gasteiger charge is 2.41. The van der Waals surface area contributed by atoms with Gasteiger partial charge in [-0.1, -0.05) is 12.2 Å². The molecule has 1 heterocycles. The van der Waals surface area contributed by atoms with Gasteiger partial charge in [0.25, 0.3) is 0 Å². The molecule has 1 fully saturated rings. The van der Waals surface area contributed by atoms with Crippen molar-refractivity contribution in [2.24, 2.45) is 5.92 Å². The number of imide groups is 1. The Morgan fingerprint density at radius 1 is 1.64 bits per heavy atom. The van der Waals surface area contributed by atoms with E-state index in [0.717, 1.165) is 4.90 Å². The lowest BCUT2D eigenvalue weighted by molar-refractivity contribution is -0.264. The third-order valence-electron chi connectivity index (χ3n) is 2.14. The summed E-state index contributed by atoms with van der Waals surface area (Å²) in [6.45, 7) is 0. The Labute approximate surface area is 63.1 Å². The molecule has 0 aromatic carbocycles. The van der Waals surface area contributed by atoms with E-state index >= 15 is 0 Å². The van der Waals surface area contributed by atoms with Gasteiger partial charge in [-0.15, -0.1) is 0 Å². The molecular formula is C7H6NO3-. The van der Waals surface area contributed by atoms with Crippen molar-refractivity contribution in [1.82, 2.24) is 4.90 Å². The van der Waals surface area contributed by atoms with E-state index < -0.39 is 6.09 Å². The van der Waals surface area contributed by atoms with Crippen molar-refractivity contribution >= 4 is 12.0 Å². The summed E-state index contributed by atoms with van der Waals surface area (Å²) in [6.07, 6.45) is 2.72. The largest absolute Gasteiger partial charge is 0.530 e. The van der Waals surface area contributed by atoms with E-state index in [1.807, 2.05) is 0 Å². The number of carboxylic acid groups (broad SMARTS) is 1. The second-order valence-electron chi connectivity index (χ2n) is 2.77. The Hall–Kier alpha value is -1.32. The Balaban J connectivity index is 2.32. The summed E-state index contributed by atoms with van der Waals surface area (Å²) in [5.74, 6) is -0.546. The highest BCUT2D eigenvalue weighted by molar-refractivity contribution is 5.96. The molecule has 4 heteroatoms. The maximum Gasteiger partial charge on any atom is 0.235 e. The molecule has 0 aromatic rings. The lowest BCUT2D eigenvalue weighted by Gasteiger charge is -2.23. The molecule has 2 bridgehead atoms. The standard InChI is InChI=1S/C7H7NO3/c9-6-4-1-2-5(3-4)8(6)7(10)11/h1-2,4-5H,3H2,(H,10,11)/p-1. The van der Waals surface area contributed by atoms with Gasteiger partial charge < -0.3 is 9.90 Å². The van der Waals surface area contributed by atoms with E-state index in [-0.39, 0.29) is 17.9 Å². The van der Waals surface area contributed by atoms with Gasteiger partial charge in [0.2, 0.25) is 5.91 Å². The fourth-order valence-corrected chi connectivity index (χ4v) is 1.62. The van der Waals surface area contributed by atoms with Crippen LogP contribution in [0.25, 0.3) is 0 Å². The predicted molar refractivity (Wildman–Crippen MR) is 33.3 cm³/mol. The van der Waals surface area contributed by atoms with Gasteiger partial charge in [0.1, 0.15) is 6.09 Å². The van der Waals surface area contributed by atoms with Crippen LogP contribution in [0.4, 0.5) is 4.79 Å². The van der Waals surface area contributed by atoms with E-state index in [0.29, 0.717) is 6.42 Å². The molecule has 58 valence electrons. The number of carbonyl (C=O) groups excluding carboxylic acids is 2. The highest BCUT2D eigenvalue weighted by Crippen LogP contribution is 2.32. The average Bonchev–Trinajstić information content (AvgIpc) is 2.44. The van der Waals surface area contributed by atoms with Crippen LogP contribution in [0.5, 0.6) is 0 Å². The molecule has 11 heavy (non-hydrogen) atoms. The van der Waals surface area contributed by atoms with Crippen molar-refractivity contribution in [3.63, 3.8) is 0 Å². The van der Waals surface area contributed by atoms with Gasteiger partial charge in [-0.05, 0) is 6.42 Å². The lowest BCUT2D eigenvalue weighted by atomic mass is 10.1. The first-order valence-electron chi connectivity index (χ1n) is 3.42. The minimum Gasteiger partial charge on any atom is -0.530 e. The van der Waals surface area contributed by atoms with E-state index in [1.54, 1.807) is 12.2 Å². The third kappa shape index (κ3) is 0.691. The molecule has 0 spiro atoms. The normalized spacial score (nSPS) is 33.5. The zero-order valence-corrected chi connectivity index (χ0v) is 5.69. The number of carbonyl (C=O) groups is 2. The van der Waals surface area contributed by atoms with Crippen LogP contribution in [-0.4, -0.2) is 22.9 Å². The molecule has 1 saturated heterocycles. The Kier molecular flexibility index (Phi) is 1.07. The van der Waals surface area contributed by atoms with Crippen LogP contribution in [0.3, 0.4) is 0 Å². The predicted octanol–water partition coefficient (Wildman–Crippen LogP) is -0.883. The van der Waals surface area contributed by atoms with E-state index in [4.69, 9.17) is 0 Å². The van der Waals surface area contributed by atoms with Gasteiger partial charge in [0, 0.05) is 0 Å². The number of hydrogen-bond donors (Lipinski definition) is 0. The fraction of sp³-hybridized carbons (Fsp3) is 0.429. The smallest absolute Gasteiger partial charge is 0.235 e. The molecule has 0 radical (unpaired) electrons. The Bertz CT molecular complexity index is 258. The molecule has 2 rings (SSSR count). The van der Waals surface area contributed by atoms with Crippen molar-refractivity contribution < 1.29 is 14.7 Å². The van der Waals surface area contributed by atoms with Gasteiger partial charge in [0.05, 0.1) is 12.0 Å². The van der Waals surface area contributed by atoms with Crippen LogP contribution in [0.2, 0.25) is 0 Å². The second kappa shape index (κ2) is 1.84. The molecule has 1 aliphatic heterocycles. The number of nitrogens with zero attached hydrogens (tertiary/aromatic N) is 1. The molecule has 2 amide bonds. The van der Waals surface area contributed by atoms with Crippen LogP contribution in [0.15, 0.2) is 12.2 Å². The number of likely N-dealkylation sites (tertiary alicyclic amines) is 1. The maximum atomic E-state index is 11.1. The number of hydrogen-bond acceptors (Lipinski definition) is 3. The van der Waals surface area contributed by atoms with E-state index in [1.165, 1.54) is 0 Å². The third-order valence-corrected chi connectivity index (χ3v) is 2.14.